The third-order valence-corrected chi connectivity index (χ3v) is 5.86. The number of carbonyl (C=O) groups is 1. The Hall–Kier alpha value is -2.64. The highest BCUT2D eigenvalue weighted by molar-refractivity contribution is 5.67. The van der Waals surface area contributed by atoms with Gasteiger partial charge < -0.3 is 14.4 Å². The first-order chi connectivity index (χ1) is 13.7. The van der Waals surface area contributed by atoms with Gasteiger partial charge in [-0.1, -0.05) is 0 Å². The minimum atomic E-state index is -0.159. The monoisotopic (exact) mass is 385 g/mol. The molecule has 4 rings (SSSR count). The van der Waals surface area contributed by atoms with E-state index in [4.69, 9.17) is 9.47 Å². The fraction of sp³-hybridized carbons (Fsp3) is 0.600. The third-order valence-electron chi connectivity index (χ3n) is 5.86. The summed E-state index contributed by atoms with van der Waals surface area (Å²) in [7, 11) is 0. The molecule has 8 nitrogen and oxygen atoms in total. The van der Waals surface area contributed by atoms with Crippen LogP contribution in [-0.2, 0) is 4.74 Å². The lowest BCUT2D eigenvalue weighted by atomic mass is 9.91. The van der Waals surface area contributed by atoms with Crippen LogP contribution in [0.3, 0.4) is 0 Å². The van der Waals surface area contributed by atoms with Crippen molar-refractivity contribution in [1.29, 1.82) is 0 Å². The topological polar surface area (TPSA) is 82.4 Å². The molecule has 2 aliphatic rings. The van der Waals surface area contributed by atoms with E-state index in [-0.39, 0.29) is 6.09 Å². The minimum absolute atomic E-state index is 0.159. The maximum Gasteiger partial charge on any atom is 0.409 e. The number of hydrogen-bond donors (Lipinski definition) is 0. The van der Waals surface area contributed by atoms with Crippen LogP contribution in [0.25, 0.3) is 5.69 Å². The van der Waals surface area contributed by atoms with Crippen LogP contribution in [0.5, 0.6) is 5.75 Å². The van der Waals surface area contributed by atoms with E-state index in [1.54, 1.807) is 11.0 Å². The number of hydrogen-bond acceptors (Lipinski definition) is 6. The Morgan fingerprint density at radius 1 is 1.21 bits per heavy atom. The van der Waals surface area contributed by atoms with Crippen molar-refractivity contribution in [3.8, 4) is 11.4 Å². The fourth-order valence-corrected chi connectivity index (χ4v) is 4.21. The van der Waals surface area contributed by atoms with Crippen molar-refractivity contribution in [3.05, 3.63) is 30.6 Å². The number of likely N-dealkylation sites (tertiary alicyclic amines) is 1. The molecule has 8 heteroatoms. The lowest BCUT2D eigenvalue weighted by Crippen LogP contribution is -2.39. The Balaban J connectivity index is 1.15. The molecule has 0 radical (unpaired) electrons. The number of ether oxygens (including phenoxy) is 2. The summed E-state index contributed by atoms with van der Waals surface area (Å²) in [6.07, 6.45) is 6.00. The number of aromatic nitrogens is 4. The molecule has 2 fully saturated rings. The smallest absolute Gasteiger partial charge is 0.409 e. The van der Waals surface area contributed by atoms with Crippen molar-refractivity contribution in [2.45, 2.75) is 32.6 Å². The summed E-state index contributed by atoms with van der Waals surface area (Å²) in [6.45, 7) is 4.70. The van der Waals surface area contributed by atoms with E-state index in [2.05, 4.69) is 15.5 Å². The zero-order valence-corrected chi connectivity index (χ0v) is 16.2. The molecule has 0 bridgehead atoms. The van der Waals surface area contributed by atoms with Crippen molar-refractivity contribution in [3.63, 3.8) is 0 Å². The van der Waals surface area contributed by atoms with Crippen LogP contribution in [-0.4, -0.2) is 57.5 Å². The molecule has 0 unspecified atom stereocenters. The Kier molecular flexibility index (Phi) is 5.73. The molecule has 1 saturated heterocycles. The highest BCUT2D eigenvalue weighted by Crippen LogP contribution is 2.49. The van der Waals surface area contributed by atoms with E-state index in [1.165, 1.54) is 6.42 Å². The second kappa shape index (κ2) is 8.58. The van der Waals surface area contributed by atoms with Crippen molar-refractivity contribution in [2.24, 2.45) is 17.8 Å². The van der Waals surface area contributed by atoms with Crippen LogP contribution in [0.1, 0.15) is 32.6 Å². The van der Waals surface area contributed by atoms with E-state index in [9.17, 15) is 4.79 Å². The normalized spacial score (nSPS) is 22.1. The quantitative estimate of drug-likeness (QED) is 0.729. The molecule has 1 aliphatic heterocycles. The molecule has 1 aliphatic carbocycles. The zero-order chi connectivity index (χ0) is 19.3. The lowest BCUT2D eigenvalue weighted by molar-refractivity contribution is 0.0887. The predicted molar refractivity (Wildman–Crippen MR) is 102 cm³/mol. The molecular weight excluding hydrogens is 358 g/mol. The molecular formula is C20H27N5O3. The lowest BCUT2D eigenvalue weighted by Gasteiger charge is -2.31. The first kappa shape index (κ1) is 18.7. The Morgan fingerprint density at radius 2 is 2.00 bits per heavy atom. The van der Waals surface area contributed by atoms with Crippen molar-refractivity contribution in [1.82, 2.24) is 25.1 Å². The third kappa shape index (κ3) is 4.43. The number of tetrazole rings is 1. The summed E-state index contributed by atoms with van der Waals surface area (Å²) >= 11 is 0. The van der Waals surface area contributed by atoms with E-state index < -0.39 is 0 Å². The van der Waals surface area contributed by atoms with Crippen LogP contribution in [0.2, 0.25) is 0 Å². The second-order valence-corrected chi connectivity index (χ2v) is 7.57. The van der Waals surface area contributed by atoms with E-state index >= 15 is 0 Å². The molecule has 2 heterocycles. The van der Waals surface area contributed by atoms with Crippen LogP contribution in [0, 0.1) is 17.8 Å². The van der Waals surface area contributed by atoms with Crippen LogP contribution >= 0.6 is 0 Å². The number of amides is 1. The van der Waals surface area contributed by atoms with E-state index in [0.717, 1.165) is 68.1 Å². The van der Waals surface area contributed by atoms with E-state index in [1.807, 2.05) is 36.1 Å². The molecule has 1 aromatic heterocycles. The summed E-state index contributed by atoms with van der Waals surface area (Å²) in [5, 5.41) is 11.2. The largest absolute Gasteiger partial charge is 0.494 e. The van der Waals surface area contributed by atoms with Gasteiger partial charge in [0.2, 0.25) is 0 Å². The van der Waals surface area contributed by atoms with Gasteiger partial charge in [-0.15, -0.1) is 5.10 Å². The molecule has 1 saturated carbocycles. The number of benzene rings is 1. The first-order valence-corrected chi connectivity index (χ1v) is 10.1. The summed E-state index contributed by atoms with van der Waals surface area (Å²) in [5.74, 6) is 3.18. The molecule has 0 spiro atoms. The van der Waals surface area contributed by atoms with Gasteiger partial charge in [-0.25, -0.2) is 9.48 Å². The van der Waals surface area contributed by atoms with E-state index in [0.29, 0.717) is 6.61 Å². The number of nitrogens with zero attached hydrogens (tertiary/aromatic N) is 5. The van der Waals surface area contributed by atoms with Gasteiger partial charge in [0.15, 0.2) is 0 Å². The molecule has 2 atom stereocenters. The van der Waals surface area contributed by atoms with Gasteiger partial charge in [-0.3, -0.25) is 0 Å². The van der Waals surface area contributed by atoms with Crippen molar-refractivity contribution >= 4 is 6.09 Å². The van der Waals surface area contributed by atoms with Crippen molar-refractivity contribution < 1.29 is 14.3 Å². The van der Waals surface area contributed by atoms with Gasteiger partial charge in [-0.05, 0) is 85.1 Å². The highest BCUT2D eigenvalue weighted by atomic mass is 16.6. The minimum Gasteiger partial charge on any atom is -0.494 e. The van der Waals surface area contributed by atoms with Crippen LogP contribution in [0.15, 0.2) is 30.6 Å². The van der Waals surface area contributed by atoms with Gasteiger partial charge in [0.05, 0.1) is 18.9 Å². The highest BCUT2D eigenvalue weighted by Gasteiger charge is 2.43. The molecule has 0 N–H and O–H groups in total. The molecule has 150 valence electrons. The molecule has 2 aromatic rings. The standard InChI is InChI=1S/C20H27N5O3/c1-2-27-20(26)24-10-7-15(8-11-24)19-13-16(19)9-12-28-18-5-3-17(4-6-18)25-14-21-22-23-25/h3-6,14-16,19H,2,7-13H2,1H3/t16-,19-/m1/s1. The number of piperidine rings is 1. The average Bonchev–Trinajstić information content (AvgIpc) is 3.28. The maximum atomic E-state index is 11.8. The van der Waals surface area contributed by atoms with Crippen LogP contribution in [0.4, 0.5) is 4.79 Å². The average molecular weight is 385 g/mol. The van der Waals surface area contributed by atoms with Gasteiger partial charge in [0.1, 0.15) is 12.1 Å². The second-order valence-electron chi connectivity index (χ2n) is 7.57. The first-order valence-electron chi connectivity index (χ1n) is 10.1. The Bertz CT molecular complexity index is 757. The number of carbonyl (C=O) groups excluding carboxylic acids is 1. The molecule has 28 heavy (non-hydrogen) atoms. The predicted octanol–water partition coefficient (Wildman–Crippen LogP) is 2.94. The zero-order valence-electron chi connectivity index (χ0n) is 16.2. The Labute approximate surface area is 164 Å². The van der Waals surface area contributed by atoms with Gasteiger partial charge in [0.25, 0.3) is 0 Å². The Morgan fingerprint density at radius 3 is 2.68 bits per heavy atom. The fourth-order valence-electron chi connectivity index (χ4n) is 4.21. The van der Waals surface area contributed by atoms with Gasteiger partial charge >= 0.3 is 6.09 Å². The SMILES string of the molecule is CCOC(=O)N1CCC([C@H]2C[C@H]2CCOc2ccc(-n3cnnn3)cc2)CC1. The summed E-state index contributed by atoms with van der Waals surface area (Å²) in [4.78, 5) is 13.6. The summed E-state index contributed by atoms with van der Waals surface area (Å²) < 4.78 is 12.6. The van der Waals surface area contributed by atoms with Crippen molar-refractivity contribution in [2.75, 3.05) is 26.3 Å². The number of rotatable bonds is 7. The van der Waals surface area contributed by atoms with Gasteiger partial charge in [0, 0.05) is 13.1 Å². The summed E-state index contributed by atoms with van der Waals surface area (Å²) in [5.41, 5.74) is 0.911. The molecule has 1 amide bonds. The maximum absolute atomic E-state index is 11.8. The van der Waals surface area contributed by atoms with Crippen LogP contribution < -0.4 is 4.74 Å². The molecule has 1 aromatic carbocycles. The summed E-state index contributed by atoms with van der Waals surface area (Å²) in [6, 6.07) is 7.80. The van der Waals surface area contributed by atoms with Gasteiger partial charge in [-0.2, -0.15) is 0 Å².